The van der Waals surface area contributed by atoms with Gasteiger partial charge in [-0.2, -0.15) is 13.2 Å². The van der Waals surface area contributed by atoms with Gasteiger partial charge in [-0.1, -0.05) is 12.1 Å². The van der Waals surface area contributed by atoms with Gasteiger partial charge in [0.1, 0.15) is 6.61 Å². The number of anilines is 2. The number of carbonyl (C=O) groups excluding carboxylic acids is 4. The number of hydrogen-bond donors (Lipinski definition) is 0. The number of urea groups is 1. The van der Waals surface area contributed by atoms with Gasteiger partial charge in [0.2, 0.25) is 5.91 Å². The van der Waals surface area contributed by atoms with E-state index >= 15 is 0 Å². The zero-order valence-electron chi connectivity index (χ0n) is 20.4. The number of carbonyl (C=O) groups is 4. The Morgan fingerprint density at radius 1 is 1.05 bits per heavy atom. The van der Waals surface area contributed by atoms with Crippen molar-refractivity contribution in [1.29, 1.82) is 0 Å². The van der Waals surface area contributed by atoms with Crippen molar-refractivity contribution in [1.82, 2.24) is 4.90 Å². The van der Waals surface area contributed by atoms with E-state index in [1.807, 2.05) is 0 Å². The highest BCUT2D eigenvalue weighted by molar-refractivity contribution is 6.13. The number of alkyl halides is 3. The first kappa shape index (κ1) is 25.6. The van der Waals surface area contributed by atoms with Crippen LogP contribution in [0.15, 0.2) is 42.5 Å². The second kappa shape index (κ2) is 9.66. The first-order chi connectivity index (χ1) is 18.1. The first-order valence-corrected chi connectivity index (χ1v) is 12.2. The van der Waals surface area contributed by atoms with E-state index in [1.54, 1.807) is 31.2 Å². The molecule has 1 unspecified atom stereocenters. The molecule has 2 aliphatic heterocycles. The molecular formula is C26H24F3N3O6. The molecule has 0 bridgehead atoms. The summed E-state index contributed by atoms with van der Waals surface area (Å²) in [5, 5.41) is 0. The number of hydrogen-bond acceptors (Lipinski definition) is 6. The first-order valence-electron chi connectivity index (χ1n) is 12.2. The molecule has 0 spiro atoms. The van der Waals surface area contributed by atoms with Crippen LogP contribution in [0.5, 0.6) is 0 Å². The zero-order valence-corrected chi connectivity index (χ0v) is 20.4. The maximum atomic E-state index is 13.7. The van der Waals surface area contributed by atoms with Crippen LogP contribution in [0.4, 0.5) is 34.1 Å². The lowest BCUT2D eigenvalue weighted by molar-refractivity contribution is -0.155. The Balaban J connectivity index is 1.51. The lowest BCUT2D eigenvalue weighted by Gasteiger charge is -2.40. The zero-order chi connectivity index (χ0) is 27.2. The molecule has 9 nitrogen and oxygen atoms in total. The molecule has 12 heteroatoms. The highest BCUT2D eigenvalue weighted by Crippen LogP contribution is 2.44. The second-order valence-electron chi connectivity index (χ2n) is 9.11. The van der Waals surface area contributed by atoms with Gasteiger partial charge in [-0.05, 0) is 61.2 Å². The monoisotopic (exact) mass is 531 g/mol. The van der Waals surface area contributed by atoms with Gasteiger partial charge in [0.05, 0.1) is 31.3 Å². The van der Waals surface area contributed by atoms with Crippen molar-refractivity contribution in [3.63, 3.8) is 0 Å². The van der Waals surface area contributed by atoms with Crippen molar-refractivity contribution in [3.05, 3.63) is 59.2 Å². The SMILES string of the molecule is CCOC(=O)C1CN(c2ccc(N3CCOC3=O)cc2)C(=O)N([C@@H]2CCc3c2cccc3C(F)(F)F)C1=O. The predicted molar refractivity (Wildman–Crippen MR) is 127 cm³/mol. The average molecular weight is 531 g/mol. The van der Waals surface area contributed by atoms with Crippen LogP contribution in [0, 0.1) is 5.92 Å². The highest BCUT2D eigenvalue weighted by atomic mass is 19.4. The van der Waals surface area contributed by atoms with E-state index in [4.69, 9.17) is 9.47 Å². The number of cyclic esters (lactones) is 1. The van der Waals surface area contributed by atoms with Crippen LogP contribution in [0.2, 0.25) is 0 Å². The number of rotatable bonds is 5. The Labute approximate surface area is 215 Å². The van der Waals surface area contributed by atoms with E-state index in [9.17, 15) is 32.3 Å². The molecule has 2 saturated heterocycles. The molecule has 2 heterocycles. The number of amides is 4. The van der Waals surface area contributed by atoms with Crippen molar-refractivity contribution in [2.75, 3.05) is 36.1 Å². The molecular weight excluding hydrogens is 507 g/mol. The van der Waals surface area contributed by atoms with Gasteiger partial charge >= 0.3 is 24.3 Å². The summed E-state index contributed by atoms with van der Waals surface area (Å²) in [4.78, 5) is 55.3. The Kier molecular flexibility index (Phi) is 6.49. The molecule has 0 saturated carbocycles. The van der Waals surface area contributed by atoms with Gasteiger partial charge in [-0.15, -0.1) is 0 Å². The number of fused-ring (bicyclic) bond motifs is 1. The molecule has 0 radical (unpaired) electrons. The average Bonchev–Trinajstić information content (AvgIpc) is 3.50. The number of ether oxygens (including phenoxy) is 2. The van der Waals surface area contributed by atoms with Crippen LogP contribution in [-0.4, -0.2) is 55.2 Å². The van der Waals surface area contributed by atoms with Crippen LogP contribution in [-0.2, 0) is 31.7 Å². The quantitative estimate of drug-likeness (QED) is 0.422. The van der Waals surface area contributed by atoms with Crippen LogP contribution in [0.3, 0.4) is 0 Å². The topological polar surface area (TPSA) is 96.5 Å². The molecule has 3 aliphatic rings. The summed E-state index contributed by atoms with van der Waals surface area (Å²) in [7, 11) is 0. The van der Waals surface area contributed by atoms with Crippen LogP contribution in [0.25, 0.3) is 0 Å². The Morgan fingerprint density at radius 2 is 1.74 bits per heavy atom. The number of esters is 1. The van der Waals surface area contributed by atoms with Crippen molar-refractivity contribution < 1.29 is 41.8 Å². The van der Waals surface area contributed by atoms with Crippen LogP contribution >= 0.6 is 0 Å². The second-order valence-corrected chi connectivity index (χ2v) is 9.11. The number of imide groups is 1. The molecule has 38 heavy (non-hydrogen) atoms. The Bertz CT molecular complexity index is 1300. The van der Waals surface area contributed by atoms with E-state index in [0.717, 1.165) is 11.0 Å². The number of nitrogens with zero attached hydrogens (tertiary/aromatic N) is 3. The van der Waals surface area contributed by atoms with E-state index in [2.05, 4.69) is 0 Å². The normalized spacial score (nSPS) is 21.6. The predicted octanol–water partition coefficient (Wildman–Crippen LogP) is 4.30. The molecule has 2 aromatic carbocycles. The maximum Gasteiger partial charge on any atom is 0.416 e. The van der Waals surface area contributed by atoms with Crippen LogP contribution < -0.4 is 9.80 Å². The number of benzene rings is 2. The van der Waals surface area contributed by atoms with Crippen molar-refractivity contribution in [2.45, 2.75) is 32.0 Å². The molecule has 2 fully saturated rings. The van der Waals surface area contributed by atoms with E-state index in [0.29, 0.717) is 17.9 Å². The Hall–Kier alpha value is -4.09. The van der Waals surface area contributed by atoms with Crippen molar-refractivity contribution in [2.24, 2.45) is 5.92 Å². The lowest BCUT2D eigenvalue weighted by atomic mass is 9.98. The summed E-state index contributed by atoms with van der Waals surface area (Å²) in [5.74, 6) is -2.98. The molecule has 4 amide bonds. The lowest BCUT2D eigenvalue weighted by Crippen LogP contribution is -2.59. The van der Waals surface area contributed by atoms with Gasteiger partial charge in [0.25, 0.3) is 0 Å². The fourth-order valence-corrected chi connectivity index (χ4v) is 5.26. The van der Waals surface area contributed by atoms with Gasteiger partial charge < -0.3 is 9.47 Å². The summed E-state index contributed by atoms with van der Waals surface area (Å²) in [5.41, 5.74) is 0.357. The van der Waals surface area contributed by atoms with Crippen LogP contribution in [0.1, 0.15) is 36.1 Å². The van der Waals surface area contributed by atoms with Gasteiger partial charge in [-0.3, -0.25) is 24.3 Å². The minimum Gasteiger partial charge on any atom is -0.465 e. The highest BCUT2D eigenvalue weighted by Gasteiger charge is 2.49. The van der Waals surface area contributed by atoms with E-state index in [-0.39, 0.29) is 43.7 Å². The maximum absolute atomic E-state index is 13.7. The molecule has 0 N–H and O–H groups in total. The van der Waals surface area contributed by atoms with Crippen molar-refractivity contribution in [3.8, 4) is 0 Å². The molecule has 1 aliphatic carbocycles. The smallest absolute Gasteiger partial charge is 0.416 e. The minimum absolute atomic E-state index is 0.0123. The summed E-state index contributed by atoms with van der Waals surface area (Å²) in [6.07, 6.45) is -4.96. The molecule has 2 aromatic rings. The van der Waals surface area contributed by atoms with Gasteiger partial charge in [0, 0.05) is 11.4 Å². The van der Waals surface area contributed by atoms with E-state index in [1.165, 1.54) is 21.9 Å². The summed E-state index contributed by atoms with van der Waals surface area (Å²) in [6, 6.07) is 8.34. The summed E-state index contributed by atoms with van der Waals surface area (Å²) >= 11 is 0. The molecule has 5 rings (SSSR count). The third-order valence-corrected chi connectivity index (χ3v) is 7.00. The summed E-state index contributed by atoms with van der Waals surface area (Å²) < 4.78 is 50.9. The third kappa shape index (κ3) is 4.33. The largest absolute Gasteiger partial charge is 0.465 e. The third-order valence-electron chi connectivity index (χ3n) is 7.00. The molecule has 2 atom stereocenters. The molecule has 200 valence electrons. The Morgan fingerprint density at radius 3 is 2.34 bits per heavy atom. The number of halogens is 3. The molecule has 0 aromatic heterocycles. The fraction of sp³-hybridized carbons (Fsp3) is 0.385. The van der Waals surface area contributed by atoms with Crippen molar-refractivity contribution >= 4 is 35.4 Å². The fourth-order valence-electron chi connectivity index (χ4n) is 5.26. The van der Waals surface area contributed by atoms with E-state index < -0.39 is 47.7 Å². The van der Waals surface area contributed by atoms with Gasteiger partial charge in [-0.25, -0.2) is 9.59 Å². The van der Waals surface area contributed by atoms with Gasteiger partial charge in [0.15, 0.2) is 5.92 Å². The minimum atomic E-state index is -4.58. The standard InChI is InChI=1S/C26H24F3N3O6/c1-2-37-23(34)19-14-31(16-8-6-15(7-9-16)30-12-13-38-25(30)36)24(35)32(22(19)33)21-11-10-17-18(21)4-3-5-20(17)26(27,28)29/h3-9,19,21H,2,10-14H2,1H3/t19?,21-/m1/s1. The summed E-state index contributed by atoms with van der Waals surface area (Å²) in [6.45, 7) is 1.93.